The lowest BCUT2D eigenvalue weighted by Crippen LogP contribution is -2.61. The summed E-state index contributed by atoms with van der Waals surface area (Å²) in [5, 5.41) is 17.5. The second kappa shape index (κ2) is 8.14. The number of para-hydroxylation sites is 1. The van der Waals surface area contributed by atoms with Crippen molar-refractivity contribution in [2.75, 3.05) is 13.1 Å². The highest BCUT2D eigenvalue weighted by atomic mass is 16.3. The van der Waals surface area contributed by atoms with E-state index in [2.05, 4.69) is 15.6 Å². The highest BCUT2D eigenvalue weighted by Crippen LogP contribution is 2.31. The largest absolute Gasteiger partial charge is 0.389 e. The number of fused-ring (bicyclic) bond motifs is 1. The molecule has 3 aromatic rings. The number of amides is 1. The number of benzene rings is 2. The first-order chi connectivity index (χ1) is 14.1. The number of aliphatic hydroxyl groups excluding tert-OH is 1. The summed E-state index contributed by atoms with van der Waals surface area (Å²) in [4.78, 5) is 29.7. The van der Waals surface area contributed by atoms with Gasteiger partial charge in [0, 0.05) is 19.5 Å². The van der Waals surface area contributed by atoms with Crippen molar-refractivity contribution in [3.63, 3.8) is 0 Å². The number of carbonyl (C=O) groups excluding carboxylic acids is 1. The minimum absolute atomic E-state index is 0.120. The number of aliphatic hydroxyl groups is 1. The van der Waals surface area contributed by atoms with Crippen LogP contribution in [0, 0.1) is 0 Å². The molecule has 1 saturated heterocycles. The molecule has 29 heavy (non-hydrogen) atoms. The monoisotopic (exact) mass is 392 g/mol. The quantitative estimate of drug-likeness (QED) is 0.605. The minimum atomic E-state index is -0.837. The fraction of sp³-hybridized carbons (Fsp3) is 0.318. The minimum Gasteiger partial charge on any atom is -0.389 e. The Bertz CT molecular complexity index is 1070. The van der Waals surface area contributed by atoms with Gasteiger partial charge in [0.2, 0.25) is 5.91 Å². The van der Waals surface area contributed by atoms with Gasteiger partial charge < -0.3 is 15.7 Å². The molecule has 2 atom stereocenters. The van der Waals surface area contributed by atoms with Crippen LogP contribution < -0.4 is 16.2 Å². The second-order valence-corrected chi connectivity index (χ2v) is 7.37. The van der Waals surface area contributed by atoms with E-state index in [1.54, 1.807) is 18.2 Å². The first kappa shape index (κ1) is 19.3. The van der Waals surface area contributed by atoms with E-state index in [1.165, 1.54) is 10.9 Å². The third kappa shape index (κ3) is 3.79. The zero-order chi connectivity index (χ0) is 20.3. The fourth-order valence-electron chi connectivity index (χ4n) is 3.95. The van der Waals surface area contributed by atoms with E-state index in [-0.39, 0.29) is 24.4 Å². The summed E-state index contributed by atoms with van der Waals surface area (Å²) < 4.78 is 1.45. The van der Waals surface area contributed by atoms with Crippen LogP contribution in [0.2, 0.25) is 0 Å². The van der Waals surface area contributed by atoms with Gasteiger partial charge in [0.25, 0.3) is 5.56 Å². The number of hydrogen-bond donors (Lipinski definition) is 3. The predicted octanol–water partition coefficient (Wildman–Crippen LogP) is 1.15. The summed E-state index contributed by atoms with van der Waals surface area (Å²) in [6.45, 7) is 1.32. The van der Waals surface area contributed by atoms with Crippen LogP contribution in [0.3, 0.4) is 0 Å². The Hall–Kier alpha value is -3.03. The molecule has 1 fully saturated rings. The molecule has 0 saturated carbocycles. The van der Waals surface area contributed by atoms with Crippen LogP contribution in [-0.4, -0.2) is 39.8 Å². The van der Waals surface area contributed by atoms with E-state index in [0.717, 1.165) is 5.56 Å². The SMILES string of the molecule is O=C(CCn1cnc2ccccc2c1=O)N[C@]1(c2ccccc2)CCNC[C@H]1O. The highest BCUT2D eigenvalue weighted by molar-refractivity contribution is 5.78. The zero-order valence-corrected chi connectivity index (χ0v) is 16.0. The lowest BCUT2D eigenvalue weighted by Gasteiger charge is -2.43. The smallest absolute Gasteiger partial charge is 0.261 e. The summed E-state index contributed by atoms with van der Waals surface area (Å²) in [6, 6.07) is 16.7. The van der Waals surface area contributed by atoms with Gasteiger partial charge in [0.1, 0.15) is 0 Å². The second-order valence-electron chi connectivity index (χ2n) is 7.37. The van der Waals surface area contributed by atoms with Gasteiger partial charge in [-0.25, -0.2) is 4.98 Å². The average Bonchev–Trinajstić information content (AvgIpc) is 2.76. The Kier molecular flexibility index (Phi) is 5.42. The Balaban J connectivity index is 1.52. The molecule has 0 unspecified atom stereocenters. The van der Waals surface area contributed by atoms with Crippen LogP contribution in [0.5, 0.6) is 0 Å². The van der Waals surface area contributed by atoms with Crippen LogP contribution >= 0.6 is 0 Å². The van der Waals surface area contributed by atoms with Crippen LogP contribution in [0.15, 0.2) is 65.7 Å². The van der Waals surface area contributed by atoms with Gasteiger partial charge in [0.15, 0.2) is 0 Å². The van der Waals surface area contributed by atoms with Crippen LogP contribution in [0.4, 0.5) is 0 Å². The number of aromatic nitrogens is 2. The van der Waals surface area contributed by atoms with E-state index in [1.807, 2.05) is 36.4 Å². The zero-order valence-electron chi connectivity index (χ0n) is 16.0. The van der Waals surface area contributed by atoms with Crippen LogP contribution in [0.1, 0.15) is 18.4 Å². The lowest BCUT2D eigenvalue weighted by atomic mass is 9.79. The van der Waals surface area contributed by atoms with Crippen molar-refractivity contribution in [3.05, 3.63) is 76.8 Å². The van der Waals surface area contributed by atoms with Gasteiger partial charge in [-0.1, -0.05) is 42.5 Å². The Morgan fingerprint density at radius 3 is 2.76 bits per heavy atom. The van der Waals surface area contributed by atoms with Gasteiger partial charge in [-0.3, -0.25) is 14.2 Å². The summed E-state index contributed by atoms with van der Waals surface area (Å²) in [7, 11) is 0. The van der Waals surface area contributed by atoms with E-state index in [0.29, 0.717) is 30.4 Å². The van der Waals surface area contributed by atoms with Gasteiger partial charge >= 0.3 is 0 Å². The van der Waals surface area contributed by atoms with Gasteiger partial charge in [-0.15, -0.1) is 0 Å². The molecule has 7 nitrogen and oxygen atoms in total. The van der Waals surface area contributed by atoms with E-state index >= 15 is 0 Å². The third-order valence-corrected chi connectivity index (χ3v) is 5.57. The van der Waals surface area contributed by atoms with Crippen molar-refractivity contribution >= 4 is 16.8 Å². The third-order valence-electron chi connectivity index (χ3n) is 5.57. The molecule has 150 valence electrons. The Labute approximate surface area is 168 Å². The van der Waals surface area contributed by atoms with Gasteiger partial charge in [0.05, 0.1) is 28.9 Å². The number of nitrogens with zero attached hydrogens (tertiary/aromatic N) is 2. The molecule has 2 aromatic carbocycles. The molecule has 0 aliphatic carbocycles. The molecular formula is C22H24N4O3. The topological polar surface area (TPSA) is 96.2 Å². The molecule has 0 radical (unpaired) electrons. The van der Waals surface area contributed by atoms with Crippen molar-refractivity contribution in [2.24, 2.45) is 0 Å². The maximum atomic E-state index is 12.8. The van der Waals surface area contributed by atoms with Crippen molar-refractivity contribution in [2.45, 2.75) is 31.0 Å². The summed E-state index contributed by atoms with van der Waals surface area (Å²) in [6.07, 6.45) is 1.44. The number of β-amino-alcohol motifs (C(OH)–C–C–N with tert-alkyl or cyclic N) is 1. The fourth-order valence-corrected chi connectivity index (χ4v) is 3.95. The maximum absolute atomic E-state index is 12.8. The highest BCUT2D eigenvalue weighted by Gasteiger charge is 2.42. The number of hydrogen-bond acceptors (Lipinski definition) is 5. The summed E-state index contributed by atoms with van der Waals surface area (Å²) in [5.41, 5.74) is 0.518. The normalized spacial score (nSPS) is 21.8. The number of piperidine rings is 1. The summed E-state index contributed by atoms with van der Waals surface area (Å²) in [5.74, 6) is -0.213. The molecule has 0 spiro atoms. The first-order valence-corrected chi connectivity index (χ1v) is 9.80. The van der Waals surface area contributed by atoms with E-state index in [4.69, 9.17) is 0 Å². The number of carbonyl (C=O) groups is 1. The maximum Gasteiger partial charge on any atom is 0.261 e. The molecule has 0 bridgehead atoms. The van der Waals surface area contributed by atoms with Crippen molar-refractivity contribution in [1.29, 1.82) is 0 Å². The van der Waals surface area contributed by atoms with Crippen LogP contribution in [-0.2, 0) is 16.9 Å². The lowest BCUT2D eigenvalue weighted by molar-refractivity contribution is -0.126. The molecule has 1 aromatic heterocycles. The molecule has 1 amide bonds. The Morgan fingerprint density at radius 1 is 1.21 bits per heavy atom. The molecule has 7 heteroatoms. The Morgan fingerprint density at radius 2 is 1.97 bits per heavy atom. The standard InChI is InChI=1S/C22H24N4O3/c27-19-14-23-12-11-22(19,16-6-2-1-3-7-16)25-20(28)10-13-26-15-24-18-9-5-4-8-17(18)21(26)29/h1-9,15,19,23,27H,10-14H2,(H,25,28)/t19-,22+/m1/s1. The van der Waals surface area contributed by atoms with E-state index in [9.17, 15) is 14.7 Å². The molecule has 4 rings (SSSR count). The van der Waals surface area contributed by atoms with Crippen molar-refractivity contribution in [1.82, 2.24) is 20.2 Å². The predicted molar refractivity (Wildman–Crippen MR) is 110 cm³/mol. The number of aryl methyl sites for hydroxylation is 1. The molecule has 1 aliphatic heterocycles. The average molecular weight is 392 g/mol. The summed E-state index contributed by atoms with van der Waals surface area (Å²) >= 11 is 0. The number of nitrogens with one attached hydrogen (secondary N) is 2. The molecule has 3 N–H and O–H groups in total. The van der Waals surface area contributed by atoms with Gasteiger partial charge in [-0.05, 0) is 30.7 Å². The number of rotatable bonds is 5. The molecular weight excluding hydrogens is 368 g/mol. The van der Waals surface area contributed by atoms with E-state index < -0.39 is 11.6 Å². The van der Waals surface area contributed by atoms with Gasteiger partial charge in [-0.2, -0.15) is 0 Å². The molecule has 1 aliphatic rings. The van der Waals surface area contributed by atoms with Crippen molar-refractivity contribution in [3.8, 4) is 0 Å². The van der Waals surface area contributed by atoms with Crippen molar-refractivity contribution < 1.29 is 9.90 Å². The first-order valence-electron chi connectivity index (χ1n) is 9.80. The van der Waals surface area contributed by atoms with Crippen LogP contribution in [0.25, 0.3) is 10.9 Å². The molecule has 2 heterocycles.